The van der Waals surface area contributed by atoms with Gasteiger partial charge in [0.2, 0.25) is 11.8 Å². The first kappa shape index (κ1) is 20.6. The van der Waals surface area contributed by atoms with Gasteiger partial charge in [-0.25, -0.2) is 0 Å². The normalized spacial score (nSPS) is 28.6. The topological polar surface area (TPSA) is 40.6 Å². The summed E-state index contributed by atoms with van der Waals surface area (Å²) in [4.78, 5) is 31.0. The van der Waals surface area contributed by atoms with Gasteiger partial charge in [0.05, 0.1) is 11.8 Å². The van der Waals surface area contributed by atoms with Gasteiger partial charge in [0.15, 0.2) is 0 Å². The molecule has 0 spiro atoms. The maximum absolute atomic E-state index is 13.5. The van der Waals surface area contributed by atoms with Gasteiger partial charge in [0, 0.05) is 24.9 Å². The molecule has 168 valence electrons. The van der Waals surface area contributed by atoms with Crippen molar-refractivity contribution < 1.29 is 9.59 Å². The van der Waals surface area contributed by atoms with Gasteiger partial charge in [-0.15, -0.1) is 0 Å². The maximum Gasteiger partial charge on any atom is 0.234 e. The number of rotatable bonds is 5. The van der Waals surface area contributed by atoms with Crippen molar-refractivity contribution in [2.45, 2.75) is 19.3 Å². The summed E-state index contributed by atoms with van der Waals surface area (Å²) in [5.74, 6) is -0.398. The van der Waals surface area contributed by atoms with E-state index in [-0.39, 0.29) is 35.5 Å². The lowest BCUT2D eigenvalue weighted by atomic mass is 9.85. The van der Waals surface area contributed by atoms with Crippen molar-refractivity contribution >= 4 is 17.4 Å². The molecule has 4 nitrogen and oxygen atoms in total. The van der Waals surface area contributed by atoms with Gasteiger partial charge in [0.1, 0.15) is 0 Å². The molecule has 4 unspecified atom stereocenters. The summed E-state index contributed by atoms with van der Waals surface area (Å²) in [5.41, 5.74) is 4.74. The van der Waals surface area contributed by atoms with E-state index in [1.54, 1.807) is 4.90 Å². The molecular formula is C29H30N2O2. The zero-order valence-electron chi connectivity index (χ0n) is 18.9. The van der Waals surface area contributed by atoms with Crippen LogP contribution in [-0.2, 0) is 9.59 Å². The number of carbonyl (C=O) groups is 2. The summed E-state index contributed by atoms with van der Waals surface area (Å²) in [6.07, 6.45) is 8.10. The number of benzene rings is 2. The van der Waals surface area contributed by atoms with Crippen molar-refractivity contribution in [1.29, 1.82) is 0 Å². The number of fused-ring (bicyclic) bond motifs is 5. The molecule has 2 aliphatic heterocycles. The van der Waals surface area contributed by atoms with Crippen molar-refractivity contribution in [2.75, 3.05) is 26.2 Å². The van der Waals surface area contributed by atoms with E-state index in [2.05, 4.69) is 65.6 Å². The molecular weight excluding hydrogens is 408 g/mol. The number of imide groups is 1. The molecule has 2 aliphatic carbocycles. The summed E-state index contributed by atoms with van der Waals surface area (Å²) >= 11 is 0. The average molecular weight is 439 g/mol. The lowest BCUT2D eigenvalue weighted by Crippen LogP contribution is -2.41. The highest BCUT2D eigenvalue weighted by atomic mass is 16.2. The molecule has 6 rings (SSSR count). The van der Waals surface area contributed by atoms with Crippen molar-refractivity contribution in [3.63, 3.8) is 0 Å². The zero-order valence-corrected chi connectivity index (χ0v) is 18.9. The van der Waals surface area contributed by atoms with Gasteiger partial charge in [-0.2, -0.15) is 0 Å². The fourth-order valence-electron chi connectivity index (χ4n) is 6.51. The first-order valence-electron chi connectivity index (χ1n) is 12.3. The summed E-state index contributed by atoms with van der Waals surface area (Å²) in [5, 5.41) is 0. The van der Waals surface area contributed by atoms with Crippen LogP contribution in [0.5, 0.6) is 0 Å². The third-order valence-corrected chi connectivity index (χ3v) is 8.01. The van der Waals surface area contributed by atoms with E-state index in [4.69, 9.17) is 0 Å². The molecule has 0 N–H and O–H groups in total. The molecule has 0 aromatic heterocycles. The highest BCUT2D eigenvalue weighted by Gasteiger charge is 2.61. The molecule has 2 saturated heterocycles. The Labute approximate surface area is 195 Å². The number of likely N-dealkylation sites (tertiary alicyclic amines) is 2. The van der Waals surface area contributed by atoms with Crippen LogP contribution >= 0.6 is 0 Å². The number of hydrogen-bond acceptors (Lipinski definition) is 3. The minimum atomic E-state index is -0.244. The Morgan fingerprint density at radius 1 is 0.697 bits per heavy atom. The van der Waals surface area contributed by atoms with Crippen molar-refractivity contribution in [2.24, 2.45) is 23.7 Å². The Kier molecular flexibility index (Phi) is 5.26. The van der Waals surface area contributed by atoms with E-state index in [1.807, 2.05) is 12.1 Å². The summed E-state index contributed by atoms with van der Waals surface area (Å²) < 4.78 is 0. The SMILES string of the molecule is O=C1C2C3C=CC(C3=C(c3ccccc3)c3ccccc3)C2C(=O)N1CCN1CCCCC1. The highest BCUT2D eigenvalue weighted by Crippen LogP contribution is 2.58. The number of piperidine rings is 1. The van der Waals surface area contributed by atoms with Crippen LogP contribution in [-0.4, -0.2) is 47.8 Å². The Morgan fingerprint density at radius 2 is 1.21 bits per heavy atom. The van der Waals surface area contributed by atoms with E-state index < -0.39 is 0 Å². The molecule has 4 aliphatic rings. The van der Waals surface area contributed by atoms with Gasteiger partial charge in [-0.05, 0) is 48.2 Å². The van der Waals surface area contributed by atoms with Crippen LogP contribution < -0.4 is 0 Å². The minimum absolute atomic E-state index is 0.00634. The fourth-order valence-corrected chi connectivity index (χ4v) is 6.51. The molecule has 2 heterocycles. The first-order valence-corrected chi connectivity index (χ1v) is 12.3. The van der Waals surface area contributed by atoms with Gasteiger partial charge in [0.25, 0.3) is 0 Å². The van der Waals surface area contributed by atoms with E-state index in [0.29, 0.717) is 6.54 Å². The lowest BCUT2D eigenvalue weighted by molar-refractivity contribution is -0.140. The third kappa shape index (κ3) is 3.39. The van der Waals surface area contributed by atoms with Gasteiger partial charge in [-0.1, -0.05) is 79.2 Å². The number of nitrogens with zero attached hydrogens (tertiary/aromatic N) is 2. The largest absolute Gasteiger partial charge is 0.302 e. The zero-order chi connectivity index (χ0) is 22.4. The first-order chi connectivity index (χ1) is 16.2. The quantitative estimate of drug-likeness (QED) is 0.514. The predicted molar refractivity (Wildman–Crippen MR) is 129 cm³/mol. The summed E-state index contributed by atoms with van der Waals surface area (Å²) in [6.45, 7) is 3.51. The van der Waals surface area contributed by atoms with Crippen LogP contribution in [0.3, 0.4) is 0 Å². The molecule has 3 fully saturated rings. The second-order valence-electron chi connectivity index (χ2n) is 9.78. The smallest absolute Gasteiger partial charge is 0.234 e. The van der Waals surface area contributed by atoms with Crippen LogP contribution in [0.1, 0.15) is 30.4 Å². The molecule has 2 bridgehead atoms. The Balaban J connectivity index is 1.34. The van der Waals surface area contributed by atoms with Gasteiger partial charge in [-0.3, -0.25) is 14.5 Å². The van der Waals surface area contributed by atoms with Gasteiger partial charge < -0.3 is 4.90 Å². The number of hydrogen-bond donors (Lipinski definition) is 0. The van der Waals surface area contributed by atoms with E-state index >= 15 is 0 Å². The molecule has 0 radical (unpaired) electrons. The van der Waals surface area contributed by atoms with Crippen LogP contribution in [0.25, 0.3) is 5.57 Å². The van der Waals surface area contributed by atoms with Crippen molar-refractivity contribution in [1.82, 2.24) is 9.80 Å². The monoisotopic (exact) mass is 438 g/mol. The second kappa shape index (κ2) is 8.42. The van der Waals surface area contributed by atoms with Crippen LogP contribution in [0.2, 0.25) is 0 Å². The summed E-state index contributed by atoms with van der Waals surface area (Å²) in [6, 6.07) is 20.8. The van der Waals surface area contributed by atoms with E-state index in [0.717, 1.165) is 30.8 Å². The fraction of sp³-hybridized carbons (Fsp3) is 0.379. The number of amides is 2. The van der Waals surface area contributed by atoms with Crippen LogP contribution in [0.15, 0.2) is 78.4 Å². The standard InChI is InChI=1S/C29H30N2O2/c32-28-26-22-14-15-23(27(26)29(33)31(28)19-18-30-16-8-3-9-17-30)25(22)24(20-10-4-1-5-11-20)21-12-6-2-7-13-21/h1-2,4-7,10-15,22-23,26-27H,3,8-9,16-19H2. The molecule has 1 saturated carbocycles. The maximum atomic E-state index is 13.5. The minimum Gasteiger partial charge on any atom is -0.302 e. The Hall–Kier alpha value is -2.98. The predicted octanol–water partition coefficient (Wildman–Crippen LogP) is 4.39. The number of allylic oxidation sites excluding steroid dienone is 3. The number of carbonyl (C=O) groups excluding carboxylic acids is 2. The van der Waals surface area contributed by atoms with E-state index in [1.165, 1.54) is 30.4 Å². The van der Waals surface area contributed by atoms with Crippen molar-refractivity contribution in [3.05, 3.63) is 89.5 Å². The lowest BCUT2D eigenvalue weighted by Gasteiger charge is -2.28. The molecule has 2 aromatic rings. The molecule has 2 amide bonds. The summed E-state index contributed by atoms with van der Waals surface area (Å²) in [7, 11) is 0. The third-order valence-electron chi connectivity index (χ3n) is 8.01. The van der Waals surface area contributed by atoms with E-state index in [9.17, 15) is 9.59 Å². The Morgan fingerprint density at radius 3 is 1.73 bits per heavy atom. The van der Waals surface area contributed by atoms with Crippen molar-refractivity contribution in [3.8, 4) is 0 Å². The molecule has 33 heavy (non-hydrogen) atoms. The van der Waals surface area contributed by atoms with Crippen LogP contribution in [0.4, 0.5) is 0 Å². The average Bonchev–Trinajstić information content (AvgIpc) is 3.49. The highest BCUT2D eigenvalue weighted by molar-refractivity contribution is 6.08. The van der Waals surface area contributed by atoms with Crippen LogP contribution in [0, 0.1) is 23.7 Å². The molecule has 2 aromatic carbocycles. The molecule has 4 heteroatoms. The second-order valence-corrected chi connectivity index (χ2v) is 9.78. The molecule has 4 atom stereocenters. The Bertz CT molecular complexity index is 1040. The van der Waals surface area contributed by atoms with Gasteiger partial charge >= 0.3 is 0 Å².